The van der Waals surface area contributed by atoms with Gasteiger partial charge in [0.05, 0.1) is 6.20 Å². The number of rotatable bonds is 2. The molecule has 0 radical (unpaired) electrons. The molecular formula is C10H17BrN4. The van der Waals surface area contributed by atoms with Gasteiger partial charge in [0.25, 0.3) is 0 Å². The smallest absolute Gasteiger partial charge is 0.206 e. The summed E-state index contributed by atoms with van der Waals surface area (Å²) in [6.45, 7) is 7.48. The number of piperazine rings is 1. The van der Waals surface area contributed by atoms with Crippen molar-refractivity contribution >= 4 is 21.9 Å². The SMILES string of the molecule is CCn1c(Br)cnc1N1CCN(C)CC1. The van der Waals surface area contributed by atoms with E-state index in [4.69, 9.17) is 0 Å². The highest BCUT2D eigenvalue weighted by Crippen LogP contribution is 2.20. The Morgan fingerprint density at radius 1 is 1.33 bits per heavy atom. The zero-order valence-electron chi connectivity index (χ0n) is 9.28. The van der Waals surface area contributed by atoms with Crippen molar-refractivity contribution in [2.45, 2.75) is 13.5 Å². The van der Waals surface area contributed by atoms with Crippen molar-refractivity contribution in [2.75, 3.05) is 38.1 Å². The van der Waals surface area contributed by atoms with Crippen LogP contribution in [-0.4, -0.2) is 47.7 Å². The highest BCUT2D eigenvalue weighted by molar-refractivity contribution is 9.10. The molecule has 84 valence electrons. The number of imidazole rings is 1. The Labute approximate surface area is 99.0 Å². The number of likely N-dealkylation sites (N-methyl/N-ethyl adjacent to an activating group) is 1. The van der Waals surface area contributed by atoms with Crippen LogP contribution in [0.2, 0.25) is 0 Å². The van der Waals surface area contributed by atoms with Crippen molar-refractivity contribution in [3.05, 3.63) is 10.8 Å². The van der Waals surface area contributed by atoms with Gasteiger partial charge in [-0.3, -0.25) is 0 Å². The second-order valence-electron chi connectivity index (χ2n) is 3.92. The predicted molar refractivity (Wildman–Crippen MR) is 65.3 cm³/mol. The molecule has 0 atom stereocenters. The lowest BCUT2D eigenvalue weighted by atomic mass is 10.3. The van der Waals surface area contributed by atoms with Crippen LogP contribution in [-0.2, 0) is 6.54 Å². The third kappa shape index (κ3) is 2.18. The van der Waals surface area contributed by atoms with Crippen LogP contribution in [0.4, 0.5) is 5.95 Å². The van der Waals surface area contributed by atoms with Crippen LogP contribution in [0.15, 0.2) is 10.8 Å². The van der Waals surface area contributed by atoms with Gasteiger partial charge in [-0.1, -0.05) is 0 Å². The van der Waals surface area contributed by atoms with Crippen molar-refractivity contribution < 1.29 is 0 Å². The molecule has 0 spiro atoms. The summed E-state index contributed by atoms with van der Waals surface area (Å²) in [6.07, 6.45) is 1.89. The Morgan fingerprint density at radius 3 is 2.60 bits per heavy atom. The van der Waals surface area contributed by atoms with Gasteiger partial charge in [0.1, 0.15) is 4.60 Å². The Balaban J connectivity index is 2.15. The number of aromatic nitrogens is 2. The maximum Gasteiger partial charge on any atom is 0.206 e. The average Bonchev–Trinajstić information content (AvgIpc) is 2.61. The summed E-state index contributed by atoms with van der Waals surface area (Å²) in [7, 11) is 2.17. The first-order chi connectivity index (χ1) is 7.22. The summed E-state index contributed by atoms with van der Waals surface area (Å²) >= 11 is 3.52. The van der Waals surface area contributed by atoms with E-state index in [2.05, 4.69) is 49.3 Å². The summed E-state index contributed by atoms with van der Waals surface area (Å²) in [4.78, 5) is 9.17. The zero-order chi connectivity index (χ0) is 10.8. The van der Waals surface area contributed by atoms with Crippen LogP contribution < -0.4 is 4.90 Å². The minimum Gasteiger partial charge on any atom is -0.340 e. The van der Waals surface area contributed by atoms with E-state index >= 15 is 0 Å². The van der Waals surface area contributed by atoms with Crippen molar-refractivity contribution in [2.24, 2.45) is 0 Å². The van der Waals surface area contributed by atoms with Crippen LogP contribution in [0.25, 0.3) is 0 Å². The van der Waals surface area contributed by atoms with E-state index in [0.29, 0.717) is 0 Å². The monoisotopic (exact) mass is 272 g/mol. The van der Waals surface area contributed by atoms with Gasteiger partial charge in [-0.25, -0.2) is 4.98 Å². The maximum atomic E-state index is 4.46. The molecule has 4 nitrogen and oxygen atoms in total. The summed E-state index contributed by atoms with van der Waals surface area (Å²) in [5.74, 6) is 1.09. The van der Waals surface area contributed by atoms with Crippen molar-refractivity contribution in [3.63, 3.8) is 0 Å². The van der Waals surface area contributed by atoms with Gasteiger partial charge in [0.15, 0.2) is 0 Å². The van der Waals surface area contributed by atoms with Gasteiger partial charge in [0.2, 0.25) is 5.95 Å². The third-order valence-corrected chi connectivity index (χ3v) is 3.52. The van der Waals surface area contributed by atoms with Crippen LogP contribution in [0.5, 0.6) is 0 Å². The molecule has 5 heteroatoms. The number of nitrogens with zero attached hydrogens (tertiary/aromatic N) is 4. The number of anilines is 1. The molecule has 0 bridgehead atoms. The second-order valence-corrected chi connectivity index (χ2v) is 4.73. The van der Waals surface area contributed by atoms with Crippen LogP contribution in [0, 0.1) is 0 Å². The summed E-state index contributed by atoms with van der Waals surface area (Å²) < 4.78 is 3.27. The lowest BCUT2D eigenvalue weighted by molar-refractivity contribution is 0.310. The molecule has 1 aliphatic heterocycles. The fraction of sp³-hybridized carbons (Fsp3) is 0.700. The Bertz CT molecular complexity index is 328. The van der Waals surface area contributed by atoms with Crippen molar-refractivity contribution in [1.29, 1.82) is 0 Å². The highest BCUT2D eigenvalue weighted by Gasteiger charge is 2.18. The third-order valence-electron chi connectivity index (χ3n) is 2.89. The van der Waals surface area contributed by atoms with E-state index in [-0.39, 0.29) is 0 Å². The van der Waals surface area contributed by atoms with Crippen LogP contribution in [0.1, 0.15) is 6.92 Å². The molecule has 1 aromatic rings. The number of halogens is 1. The van der Waals surface area contributed by atoms with Gasteiger partial charge < -0.3 is 14.4 Å². The van der Waals surface area contributed by atoms with E-state index < -0.39 is 0 Å². The molecule has 2 rings (SSSR count). The van der Waals surface area contributed by atoms with E-state index in [1.165, 1.54) is 0 Å². The first kappa shape index (κ1) is 11.0. The average molecular weight is 273 g/mol. The minimum atomic E-state index is 0.961. The molecule has 0 aliphatic carbocycles. The first-order valence-electron chi connectivity index (χ1n) is 5.37. The lowest BCUT2D eigenvalue weighted by Crippen LogP contribution is -2.45. The fourth-order valence-corrected chi connectivity index (χ4v) is 2.41. The van der Waals surface area contributed by atoms with E-state index in [1.807, 2.05) is 6.20 Å². The molecule has 1 aliphatic rings. The normalized spacial score (nSPS) is 18.5. The lowest BCUT2D eigenvalue weighted by Gasteiger charge is -2.33. The molecule has 1 aromatic heterocycles. The summed E-state index contributed by atoms with van der Waals surface area (Å²) in [6, 6.07) is 0. The quantitative estimate of drug-likeness (QED) is 0.814. The van der Waals surface area contributed by atoms with Gasteiger partial charge >= 0.3 is 0 Å². The standard InChI is InChI=1S/C10H17BrN4/c1-3-15-9(11)8-12-10(15)14-6-4-13(2)5-7-14/h8H,3-7H2,1-2H3. The van der Waals surface area contributed by atoms with Gasteiger partial charge in [-0.05, 0) is 29.9 Å². The Kier molecular flexibility index (Phi) is 3.31. The minimum absolute atomic E-state index is 0.961. The number of hydrogen-bond acceptors (Lipinski definition) is 3. The van der Waals surface area contributed by atoms with Crippen LogP contribution in [0.3, 0.4) is 0 Å². The topological polar surface area (TPSA) is 24.3 Å². The summed E-state index contributed by atoms with van der Waals surface area (Å²) in [5.41, 5.74) is 0. The van der Waals surface area contributed by atoms with E-state index in [0.717, 1.165) is 43.3 Å². The van der Waals surface area contributed by atoms with Gasteiger partial charge in [-0.2, -0.15) is 0 Å². The maximum absolute atomic E-state index is 4.46. The largest absolute Gasteiger partial charge is 0.340 e. The molecule has 15 heavy (non-hydrogen) atoms. The van der Waals surface area contributed by atoms with Gasteiger partial charge in [0, 0.05) is 32.7 Å². The molecular weight excluding hydrogens is 256 g/mol. The van der Waals surface area contributed by atoms with Crippen LogP contribution >= 0.6 is 15.9 Å². The molecule has 0 saturated carbocycles. The highest BCUT2D eigenvalue weighted by atomic mass is 79.9. The molecule has 2 heterocycles. The van der Waals surface area contributed by atoms with E-state index in [9.17, 15) is 0 Å². The second kappa shape index (κ2) is 4.53. The molecule has 0 N–H and O–H groups in total. The van der Waals surface area contributed by atoms with Crippen molar-refractivity contribution in [3.8, 4) is 0 Å². The van der Waals surface area contributed by atoms with Gasteiger partial charge in [-0.15, -0.1) is 0 Å². The molecule has 0 aromatic carbocycles. The molecule has 1 saturated heterocycles. The Morgan fingerprint density at radius 2 is 2.00 bits per heavy atom. The number of hydrogen-bond donors (Lipinski definition) is 0. The zero-order valence-corrected chi connectivity index (χ0v) is 10.9. The fourth-order valence-electron chi connectivity index (χ4n) is 1.90. The Hall–Kier alpha value is -0.550. The first-order valence-corrected chi connectivity index (χ1v) is 6.16. The molecule has 0 unspecified atom stereocenters. The predicted octanol–water partition coefficient (Wildman–Crippen LogP) is 1.42. The van der Waals surface area contributed by atoms with Crippen molar-refractivity contribution in [1.82, 2.24) is 14.5 Å². The molecule has 1 fully saturated rings. The molecule has 0 amide bonds. The summed E-state index contributed by atoms with van der Waals surface area (Å²) in [5, 5.41) is 0. The van der Waals surface area contributed by atoms with E-state index in [1.54, 1.807) is 0 Å².